The Morgan fingerprint density at radius 2 is 0.971 bits per heavy atom. The molecule has 3 saturated carbocycles. The van der Waals surface area contributed by atoms with Gasteiger partial charge in [-0.2, -0.15) is 15.3 Å². The number of hydrogen-bond donors (Lipinski definition) is 8. The number of carbonyl (C=O) groups excluding carboxylic acids is 2. The van der Waals surface area contributed by atoms with Crippen LogP contribution < -0.4 is 18.9 Å². The maximum atomic E-state index is 12.8. The molecule has 3 aliphatic carbocycles. The van der Waals surface area contributed by atoms with Crippen LogP contribution in [0.3, 0.4) is 0 Å². The molecule has 0 unspecified atom stereocenters. The lowest BCUT2D eigenvalue weighted by molar-refractivity contribution is 0.0497. The third kappa shape index (κ3) is 18.5. The Kier molecular flexibility index (Phi) is 25.0. The summed E-state index contributed by atoms with van der Waals surface area (Å²) in [5.74, 6) is 0.352. The van der Waals surface area contributed by atoms with Gasteiger partial charge < -0.3 is 48.2 Å². The van der Waals surface area contributed by atoms with E-state index in [1.54, 1.807) is 44.2 Å². The van der Waals surface area contributed by atoms with Crippen LogP contribution in [0.1, 0.15) is 200 Å². The Hall–Kier alpha value is -10.4. The number of H-pyrrole nitrogens is 5. The first kappa shape index (κ1) is 74.8. The number of nitrogens with one attached hydrogen (secondary N) is 5. The molecule has 104 heavy (non-hydrogen) atoms. The van der Waals surface area contributed by atoms with Crippen LogP contribution in [0.5, 0.6) is 23.4 Å². The van der Waals surface area contributed by atoms with Crippen LogP contribution in [0.15, 0.2) is 116 Å². The van der Waals surface area contributed by atoms with Crippen molar-refractivity contribution < 1.29 is 62.6 Å². The molecule has 4 aromatic carbocycles. The Morgan fingerprint density at radius 3 is 1.39 bits per heavy atom. The van der Waals surface area contributed by atoms with Crippen LogP contribution in [0, 0.1) is 0 Å². The number of benzene rings is 4. The summed E-state index contributed by atoms with van der Waals surface area (Å²) >= 11 is 0. The number of carboxylic acid groups (broad SMARTS) is 1. The molecule has 0 aliphatic heterocycles. The average molecular weight is 1440 g/mol. The number of ether oxygens (including phenoxy) is 6. The second-order valence-corrected chi connectivity index (χ2v) is 32.6. The van der Waals surface area contributed by atoms with Gasteiger partial charge >= 0.3 is 17.9 Å². The molecule has 6 aromatic heterocycles. The number of aliphatic hydroxyl groups excluding tert-OH is 2. The zero-order chi connectivity index (χ0) is 73.3. The van der Waals surface area contributed by atoms with E-state index < -0.39 is 26.2 Å². The molecule has 29 heteroatoms. The summed E-state index contributed by atoms with van der Waals surface area (Å²) in [6.45, 7) is 16.3. The van der Waals surface area contributed by atoms with E-state index in [0.29, 0.717) is 36.8 Å². The smallest absolute Gasteiger partial charge is 0.364 e. The molecule has 0 radical (unpaired) electrons. The summed E-state index contributed by atoms with van der Waals surface area (Å²) in [6, 6.07) is 32.7. The minimum atomic E-state index is -1.94. The highest BCUT2D eigenvalue weighted by Gasteiger charge is 2.38. The molecule has 6 heterocycles. The summed E-state index contributed by atoms with van der Waals surface area (Å²) in [5.41, 5.74) is 13.6. The molecular weight excluding hydrogens is 1350 g/mol. The van der Waals surface area contributed by atoms with Gasteiger partial charge in [-0.1, -0.05) is 113 Å². The summed E-state index contributed by atoms with van der Waals surface area (Å²) < 4.78 is 42.1. The van der Waals surface area contributed by atoms with E-state index in [1.165, 1.54) is 22.3 Å². The number of nitrogens with zero attached hydrogens (tertiary/aromatic N) is 10. The summed E-state index contributed by atoms with van der Waals surface area (Å²) in [5, 5.41) is 78.1. The van der Waals surface area contributed by atoms with Crippen molar-refractivity contribution in [3.05, 3.63) is 172 Å². The van der Waals surface area contributed by atoms with E-state index in [2.05, 4.69) is 148 Å². The number of hydrogen-bond acceptors (Lipinski definition) is 21. The fraction of sp³-hybridized carbons (Fsp3) is 0.440. The number of carboxylic acids is 1. The van der Waals surface area contributed by atoms with Crippen molar-refractivity contribution in [3.63, 3.8) is 0 Å². The summed E-state index contributed by atoms with van der Waals surface area (Å²) in [7, 11) is -0.301. The van der Waals surface area contributed by atoms with E-state index in [-0.39, 0.29) is 78.6 Å². The number of aromatic amines is 5. The van der Waals surface area contributed by atoms with Crippen molar-refractivity contribution in [1.82, 2.24) is 76.4 Å². The maximum absolute atomic E-state index is 12.8. The van der Waals surface area contributed by atoms with Crippen LogP contribution in [0.4, 0.5) is 0 Å². The fourth-order valence-electron chi connectivity index (χ4n) is 13.3. The molecule has 3 aliphatic rings. The highest BCUT2D eigenvalue weighted by atomic mass is 28.4. The average Bonchev–Trinajstić information content (AvgIpc) is 0.912. The van der Waals surface area contributed by atoms with Gasteiger partial charge in [-0.05, 0) is 196 Å². The molecule has 0 amide bonds. The number of esters is 2. The minimum absolute atomic E-state index is 0.0244. The van der Waals surface area contributed by atoms with Crippen molar-refractivity contribution in [3.8, 4) is 57.2 Å². The van der Waals surface area contributed by atoms with E-state index in [1.807, 2.05) is 54.6 Å². The van der Waals surface area contributed by atoms with Crippen LogP contribution in [0.2, 0.25) is 18.1 Å². The van der Waals surface area contributed by atoms with E-state index >= 15 is 0 Å². The van der Waals surface area contributed by atoms with Crippen LogP contribution in [-0.2, 0) is 40.3 Å². The SMILES string of the molecule is CCOC(=O)c1[nH]nnc1OC1CCC(c2ccc(-c3ccn[nH]3)c(CO)c2)CC1.CCOC(=O)c1nnn(Cc2ccc(OC)cc2)c1OC1CCC(c2ccc(-c3ccn[nH]3)c(CO[Si](C)(C)C(C)(C)C)c2)CC1.O=C(O)c1[nH]nnc1OC1CCC(c2ccc(-c3ccn[nH]3)c(CO)c2)CC1. The van der Waals surface area contributed by atoms with Crippen molar-refractivity contribution in [2.24, 2.45) is 0 Å². The summed E-state index contributed by atoms with van der Waals surface area (Å²) in [6.07, 6.45) is 15.6. The molecular formula is C75H93N15O13Si. The Bertz CT molecular complexity index is 4370. The number of carbonyl (C=O) groups is 3. The fourth-order valence-corrected chi connectivity index (χ4v) is 14.3. The zero-order valence-electron chi connectivity index (χ0n) is 60.1. The molecule has 13 rings (SSSR count). The van der Waals surface area contributed by atoms with Gasteiger partial charge in [0.2, 0.25) is 23.0 Å². The molecule has 10 aromatic rings. The second-order valence-electron chi connectivity index (χ2n) is 27.8. The molecule has 0 spiro atoms. The van der Waals surface area contributed by atoms with Gasteiger partial charge in [0.15, 0.2) is 8.32 Å². The van der Waals surface area contributed by atoms with E-state index in [9.17, 15) is 24.6 Å². The molecule has 3 fully saturated rings. The lowest BCUT2D eigenvalue weighted by Gasteiger charge is -2.36. The van der Waals surface area contributed by atoms with Gasteiger partial charge in [-0.25, -0.2) is 29.3 Å². The zero-order valence-corrected chi connectivity index (χ0v) is 61.1. The quantitative estimate of drug-likeness (QED) is 0.0195. The van der Waals surface area contributed by atoms with Crippen molar-refractivity contribution in [1.29, 1.82) is 0 Å². The molecule has 8 N–H and O–H groups in total. The van der Waals surface area contributed by atoms with Crippen LogP contribution >= 0.6 is 0 Å². The van der Waals surface area contributed by atoms with E-state index in [4.69, 9.17) is 38.0 Å². The first-order chi connectivity index (χ1) is 50.3. The number of aromatic carboxylic acids is 1. The second kappa shape index (κ2) is 34.7. The first-order valence-corrected chi connectivity index (χ1v) is 38.4. The van der Waals surface area contributed by atoms with Gasteiger partial charge in [0.1, 0.15) is 24.1 Å². The lowest BCUT2D eigenvalue weighted by atomic mass is 9.81. The largest absolute Gasteiger partial charge is 0.497 e. The molecule has 0 atom stereocenters. The predicted molar refractivity (Wildman–Crippen MR) is 387 cm³/mol. The highest BCUT2D eigenvalue weighted by Crippen LogP contribution is 2.42. The number of methoxy groups -OCH3 is 1. The molecule has 0 saturated heterocycles. The third-order valence-electron chi connectivity index (χ3n) is 20.1. The standard InChI is InChI=1S/C35H47N5O5Si.C21H25N5O4.C19H21N5O4/c1-8-43-34(41)32-33(40(39-38-32)22-24-9-14-28(42-5)15-10-24)45-29-16-11-25(12-17-29)26-13-18-30(31-19-20-36-37-31)27(21-26)23-44-46(6,7)35(2,3)4;1-2-29-21(28)19-20(25-26-24-19)30-16-6-3-13(4-7-16)14-5-8-17(15(11-14)12-27)18-9-10-22-23-18;25-10-13-9-12(3-6-15(13)16-7-8-20-21-16)11-1-4-14(5-2-11)28-18-17(19(26)27)22-24-23-18/h9-10,13-15,18-21,25,29H,8,11-12,16-17,22-23H2,1-7H3,(H,36,37);5,8-11,13,16,27H,2-4,6-7,12H2,1H3,(H,22,23)(H,24,25,26);3,6-9,11,14,25H,1-2,4-5,10H2,(H,20,21)(H,26,27)(H,22,23,24). The monoisotopic (exact) mass is 1440 g/mol. The summed E-state index contributed by atoms with van der Waals surface area (Å²) in [4.78, 5) is 35.8. The molecule has 28 nitrogen and oxygen atoms in total. The van der Waals surface area contributed by atoms with Gasteiger partial charge in [0.25, 0.3) is 11.8 Å². The normalized spacial score (nSPS) is 18.2. The van der Waals surface area contributed by atoms with Crippen molar-refractivity contribution in [2.45, 2.75) is 192 Å². The van der Waals surface area contributed by atoms with Gasteiger partial charge in [0.05, 0.1) is 63.8 Å². The van der Waals surface area contributed by atoms with E-state index in [0.717, 1.165) is 133 Å². The Balaban J connectivity index is 0.000000163. The molecule has 0 bridgehead atoms. The highest BCUT2D eigenvalue weighted by molar-refractivity contribution is 6.74. The third-order valence-corrected chi connectivity index (χ3v) is 24.6. The number of rotatable bonds is 25. The topological polar surface area (TPSA) is 376 Å². The number of aliphatic hydroxyl groups is 2. The molecule has 550 valence electrons. The lowest BCUT2D eigenvalue weighted by Crippen LogP contribution is -2.40. The Morgan fingerprint density at radius 1 is 0.538 bits per heavy atom. The number of aromatic nitrogens is 15. The maximum Gasteiger partial charge on any atom is 0.364 e. The van der Waals surface area contributed by atoms with Crippen molar-refractivity contribution in [2.75, 3.05) is 20.3 Å². The minimum Gasteiger partial charge on any atom is -0.497 e. The van der Waals surface area contributed by atoms with Gasteiger partial charge in [0, 0.05) is 35.3 Å². The van der Waals surface area contributed by atoms with Crippen LogP contribution in [-0.4, -0.2) is 157 Å². The Labute approximate surface area is 603 Å². The van der Waals surface area contributed by atoms with Gasteiger partial charge in [-0.15, -0.1) is 5.10 Å². The van der Waals surface area contributed by atoms with Gasteiger partial charge in [-0.3, -0.25) is 15.3 Å². The predicted octanol–water partition coefficient (Wildman–Crippen LogP) is 13.0. The van der Waals surface area contributed by atoms with Crippen LogP contribution in [0.25, 0.3) is 33.8 Å². The first-order valence-electron chi connectivity index (χ1n) is 35.5. The van der Waals surface area contributed by atoms with Crippen molar-refractivity contribution >= 4 is 26.2 Å².